The van der Waals surface area contributed by atoms with Gasteiger partial charge in [-0.05, 0) is 19.1 Å². The molecule has 1 rings (SSSR count). The molecule has 0 bridgehead atoms. The Kier molecular flexibility index (Phi) is 5.60. The number of para-hydroxylation sites is 1. The van der Waals surface area contributed by atoms with Crippen LogP contribution < -0.4 is 4.74 Å². The number of ketones is 1. The molecule has 19 heavy (non-hydrogen) atoms. The molecule has 5 nitrogen and oxygen atoms in total. The predicted molar refractivity (Wildman–Crippen MR) is 68.9 cm³/mol. The molecule has 1 N–H and O–H groups in total. The van der Waals surface area contributed by atoms with Gasteiger partial charge in [-0.15, -0.1) is 0 Å². The van der Waals surface area contributed by atoms with Gasteiger partial charge in [-0.3, -0.25) is 9.59 Å². The SMILES string of the molecule is COC(=O)C/C(C(C)=O)=C(/O)COc1ccccc1. The second-order valence-corrected chi connectivity index (χ2v) is 3.84. The van der Waals surface area contributed by atoms with E-state index in [0.717, 1.165) is 0 Å². The maximum absolute atomic E-state index is 11.4. The van der Waals surface area contributed by atoms with Crippen LogP contribution in [0.25, 0.3) is 0 Å². The number of esters is 1. The minimum absolute atomic E-state index is 0.00258. The Morgan fingerprint density at radius 3 is 2.37 bits per heavy atom. The lowest BCUT2D eigenvalue weighted by Crippen LogP contribution is -2.13. The van der Waals surface area contributed by atoms with Crippen molar-refractivity contribution in [2.24, 2.45) is 0 Å². The topological polar surface area (TPSA) is 72.8 Å². The van der Waals surface area contributed by atoms with Crippen LogP contribution in [0.3, 0.4) is 0 Å². The van der Waals surface area contributed by atoms with Gasteiger partial charge in [-0.1, -0.05) is 18.2 Å². The number of aliphatic hydroxyl groups excluding tert-OH is 1. The van der Waals surface area contributed by atoms with Crippen LogP contribution in [0.1, 0.15) is 13.3 Å². The second-order valence-electron chi connectivity index (χ2n) is 3.84. The lowest BCUT2D eigenvalue weighted by Gasteiger charge is -2.09. The van der Waals surface area contributed by atoms with E-state index in [1.165, 1.54) is 14.0 Å². The lowest BCUT2D eigenvalue weighted by atomic mass is 10.1. The summed E-state index contributed by atoms with van der Waals surface area (Å²) in [6, 6.07) is 8.86. The highest BCUT2D eigenvalue weighted by Crippen LogP contribution is 2.13. The molecule has 0 heterocycles. The third-order valence-corrected chi connectivity index (χ3v) is 2.44. The summed E-state index contributed by atoms with van der Waals surface area (Å²) in [4.78, 5) is 22.5. The molecule has 0 radical (unpaired) electrons. The fraction of sp³-hybridized carbons (Fsp3) is 0.286. The van der Waals surface area contributed by atoms with Gasteiger partial charge in [-0.2, -0.15) is 0 Å². The number of ether oxygens (including phenoxy) is 2. The van der Waals surface area contributed by atoms with E-state index >= 15 is 0 Å². The normalized spacial score (nSPS) is 11.5. The number of Topliss-reactive ketones (excluding diaryl/α,β-unsaturated/α-hetero) is 1. The number of aliphatic hydroxyl groups is 1. The van der Waals surface area contributed by atoms with Crippen molar-refractivity contribution in [2.45, 2.75) is 13.3 Å². The summed E-state index contributed by atoms with van der Waals surface area (Å²) in [7, 11) is 1.22. The minimum Gasteiger partial charge on any atom is -0.508 e. The van der Waals surface area contributed by atoms with Crippen molar-refractivity contribution in [2.75, 3.05) is 13.7 Å². The minimum atomic E-state index is -0.587. The number of methoxy groups -OCH3 is 1. The maximum Gasteiger partial charge on any atom is 0.310 e. The standard InChI is InChI=1S/C14H16O5/c1-10(15)12(8-14(17)18-2)13(16)9-19-11-6-4-3-5-7-11/h3-7,16H,8-9H2,1-2H3/b13-12-. The molecule has 0 atom stereocenters. The summed E-state index contributed by atoms with van der Waals surface area (Å²) in [5.41, 5.74) is 0.00258. The molecule has 0 aromatic heterocycles. The van der Waals surface area contributed by atoms with Crippen LogP contribution in [-0.2, 0) is 14.3 Å². The van der Waals surface area contributed by atoms with E-state index in [0.29, 0.717) is 5.75 Å². The first-order chi connectivity index (χ1) is 9.04. The first kappa shape index (κ1) is 14.8. The highest BCUT2D eigenvalue weighted by molar-refractivity contribution is 5.97. The highest BCUT2D eigenvalue weighted by atomic mass is 16.5. The average Bonchev–Trinajstić information content (AvgIpc) is 2.42. The fourth-order valence-electron chi connectivity index (χ4n) is 1.40. The van der Waals surface area contributed by atoms with Crippen molar-refractivity contribution < 1.29 is 24.2 Å². The number of carbonyl (C=O) groups is 2. The molecule has 1 aromatic rings. The van der Waals surface area contributed by atoms with E-state index in [2.05, 4.69) is 4.74 Å². The molecular formula is C14H16O5. The summed E-state index contributed by atoms with van der Waals surface area (Å²) in [5, 5.41) is 9.81. The average molecular weight is 264 g/mol. The van der Waals surface area contributed by atoms with Gasteiger partial charge in [0.15, 0.2) is 5.78 Å². The fourth-order valence-corrected chi connectivity index (χ4v) is 1.40. The largest absolute Gasteiger partial charge is 0.508 e. The van der Waals surface area contributed by atoms with E-state index < -0.39 is 5.97 Å². The third kappa shape index (κ3) is 4.83. The monoisotopic (exact) mass is 264 g/mol. The van der Waals surface area contributed by atoms with Crippen molar-refractivity contribution in [1.29, 1.82) is 0 Å². The van der Waals surface area contributed by atoms with Gasteiger partial charge in [-0.25, -0.2) is 0 Å². The van der Waals surface area contributed by atoms with Gasteiger partial charge >= 0.3 is 5.97 Å². The van der Waals surface area contributed by atoms with Crippen LogP contribution >= 0.6 is 0 Å². The van der Waals surface area contributed by atoms with Crippen molar-refractivity contribution in [3.63, 3.8) is 0 Å². The first-order valence-electron chi connectivity index (χ1n) is 5.71. The summed E-state index contributed by atoms with van der Waals surface area (Å²) in [6.45, 7) is 1.10. The van der Waals surface area contributed by atoms with Crippen LogP contribution in [0.5, 0.6) is 5.75 Å². The van der Waals surface area contributed by atoms with Crippen LogP contribution in [0.2, 0.25) is 0 Å². The molecule has 0 aliphatic rings. The first-order valence-corrected chi connectivity index (χ1v) is 5.71. The van der Waals surface area contributed by atoms with Crippen LogP contribution in [0.15, 0.2) is 41.7 Å². The molecule has 0 amide bonds. The summed E-state index contributed by atoms with van der Waals surface area (Å²) in [5.74, 6) is -0.673. The van der Waals surface area contributed by atoms with Crippen molar-refractivity contribution in [3.05, 3.63) is 41.7 Å². The molecule has 102 valence electrons. The van der Waals surface area contributed by atoms with E-state index in [9.17, 15) is 14.7 Å². The van der Waals surface area contributed by atoms with Crippen LogP contribution in [0.4, 0.5) is 0 Å². The molecule has 0 aliphatic heterocycles. The Morgan fingerprint density at radius 2 is 1.84 bits per heavy atom. The molecule has 0 spiro atoms. The maximum atomic E-state index is 11.4. The Balaban J connectivity index is 2.74. The van der Waals surface area contributed by atoms with Gasteiger partial charge in [0.05, 0.1) is 13.5 Å². The van der Waals surface area contributed by atoms with Crippen molar-refractivity contribution in [3.8, 4) is 5.75 Å². The zero-order valence-corrected chi connectivity index (χ0v) is 10.9. The molecule has 5 heteroatoms. The predicted octanol–water partition coefficient (Wildman–Crippen LogP) is 2.03. The van der Waals surface area contributed by atoms with Gasteiger partial charge < -0.3 is 14.6 Å². The number of hydrogen-bond acceptors (Lipinski definition) is 5. The smallest absolute Gasteiger partial charge is 0.310 e. The lowest BCUT2D eigenvalue weighted by molar-refractivity contribution is -0.140. The quantitative estimate of drug-likeness (QED) is 0.483. The van der Waals surface area contributed by atoms with Gasteiger partial charge in [0.25, 0.3) is 0 Å². The number of benzene rings is 1. The van der Waals surface area contributed by atoms with Crippen LogP contribution in [0, 0.1) is 0 Å². The molecule has 0 saturated heterocycles. The van der Waals surface area contributed by atoms with Gasteiger partial charge in [0.1, 0.15) is 18.1 Å². The summed E-state index contributed by atoms with van der Waals surface area (Å²) >= 11 is 0. The molecule has 0 saturated carbocycles. The summed E-state index contributed by atoms with van der Waals surface area (Å²) in [6.07, 6.45) is -0.268. The van der Waals surface area contributed by atoms with E-state index in [1.54, 1.807) is 24.3 Å². The molecule has 0 unspecified atom stereocenters. The van der Waals surface area contributed by atoms with Crippen LogP contribution in [-0.4, -0.2) is 30.6 Å². The zero-order chi connectivity index (χ0) is 14.3. The zero-order valence-electron chi connectivity index (χ0n) is 10.9. The Labute approximate surface area is 111 Å². The molecule has 1 aromatic carbocycles. The van der Waals surface area contributed by atoms with E-state index in [1.807, 2.05) is 6.07 Å². The highest BCUT2D eigenvalue weighted by Gasteiger charge is 2.16. The molecule has 0 fully saturated rings. The molecular weight excluding hydrogens is 248 g/mol. The van der Waals surface area contributed by atoms with E-state index in [-0.39, 0.29) is 30.1 Å². The summed E-state index contributed by atoms with van der Waals surface area (Å²) < 4.78 is 9.77. The second kappa shape index (κ2) is 7.20. The Bertz CT molecular complexity index is 476. The van der Waals surface area contributed by atoms with Gasteiger partial charge in [0.2, 0.25) is 0 Å². The van der Waals surface area contributed by atoms with E-state index in [4.69, 9.17) is 4.74 Å². The number of rotatable bonds is 6. The Hall–Kier alpha value is -2.30. The van der Waals surface area contributed by atoms with Gasteiger partial charge in [0, 0.05) is 5.57 Å². The third-order valence-electron chi connectivity index (χ3n) is 2.44. The molecule has 0 aliphatic carbocycles. The van der Waals surface area contributed by atoms with Crippen molar-refractivity contribution >= 4 is 11.8 Å². The van der Waals surface area contributed by atoms with Crippen molar-refractivity contribution in [1.82, 2.24) is 0 Å². The number of hydrogen-bond donors (Lipinski definition) is 1. The number of carbonyl (C=O) groups excluding carboxylic acids is 2. The Morgan fingerprint density at radius 1 is 1.21 bits per heavy atom.